The first kappa shape index (κ1) is 14.3. The Hall–Kier alpha value is -1.14. The molecule has 0 aliphatic carbocycles. The molecular formula is C13H19FN2O2S. The van der Waals surface area contributed by atoms with E-state index in [0.29, 0.717) is 6.54 Å². The summed E-state index contributed by atoms with van der Waals surface area (Å²) in [4.78, 5) is -0.283. The van der Waals surface area contributed by atoms with Gasteiger partial charge in [0, 0.05) is 18.3 Å². The van der Waals surface area contributed by atoms with Gasteiger partial charge in [-0.25, -0.2) is 12.8 Å². The van der Waals surface area contributed by atoms with Gasteiger partial charge in [-0.3, -0.25) is 0 Å². The third-order valence-corrected chi connectivity index (χ3v) is 5.52. The minimum absolute atomic E-state index is 0.0537. The van der Waals surface area contributed by atoms with E-state index in [9.17, 15) is 12.8 Å². The Balaban J connectivity index is 2.42. The maximum atomic E-state index is 13.8. The highest BCUT2D eigenvalue weighted by molar-refractivity contribution is 7.89. The quantitative estimate of drug-likeness (QED) is 0.867. The first-order valence-corrected chi connectivity index (χ1v) is 7.85. The summed E-state index contributed by atoms with van der Waals surface area (Å²) >= 11 is 0. The lowest BCUT2D eigenvalue weighted by Crippen LogP contribution is -2.38. The Morgan fingerprint density at radius 3 is 2.68 bits per heavy atom. The van der Waals surface area contributed by atoms with E-state index in [-0.39, 0.29) is 22.5 Å². The van der Waals surface area contributed by atoms with Gasteiger partial charge in [-0.1, -0.05) is 13.8 Å². The molecular weight excluding hydrogens is 267 g/mol. The van der Waals surface area contributed by atoms with Crippen molar-refractivity contribution in [2.24, 2.45) is 5.92 Å². The molecule has 4 nitrogen and oxygen atoms in total. The largest absolute Gasteiger partial charge is 0.399 e. The molecule has 0 bridgehead atoms. The summed E-state index contributed by atoms with van der Waals surface area (Å²) < 4.78 is 40.3. The van der Waals surface area contributed by atoms with E-state index in [0.717, 1.165) is 18.9 Å². The monoisotopic (exact) mass is 286 g/mol. The molecule has 106 valence electrons. The fourth-order valence-electron chi connectivity index (χ4n) is 2.58. The molecule has 1 atom stereocenters. The summed E-state index contributed by atoms with van der Waals surface area (Å²) in [6, 6.07) is 3.65. The number of anilines is 1. The summed E-state index contributed by atoms with van der Waals surface area (Å²) in [6.45, 7) is 4.42. The van der Waals surface area contributed by atoms with Crippen molar-refractivity contribution in [2.45, 2.75) is 37.6 Å². The number of nitrogens with two attached hydrogens (primary N) is 1. The van der Waals surface area contributed by atoms with Crippen molar-refractivity contribution in [2.75, 3.05) is 12.3 Å². The zero-order valence-corrected chi connectivity index (χ0v) is 12.0. The topological polar surface area (TPSA) is 63.4 Å². The molecule has 0 amide bonds. The van der Waals surface area contributed by atoms with E-state index in [1.165, 1.54) is 16.4 Å². The molecule has 0 spiro atoms. The predicted octanol–water partition coefficient (Wildman–Crippen LogP) is 2.22. The number of rotatable bonds is 3. The van der Waals surface area contributed by atoms with Crippen LogP contribution < -0.4 is 5.73 Å². The number of hydrogen-bond acceptors (Lipinski definition) is 3. The highest BCUT2D eigenvalue weighted by Crippen LogP contribution is 2.31. The van der Waals surface area contributed by atoms with E-state index in [2.05, 4.69) is 0 Å². The Morgan fingerprint density at radius 1 is 1.42 bits per heavy atom. The highest BCUT2D eigenvalue weighted by atomic mass is 32.2. The maximum absolute atomic E-state index is 13.8. The van der Waals surface area contributed by atoms with Crippen LogP contribution in [-0.2, 0) is 10.0 Å². The zero-order chi connectivity index (χ0) is 14.2. The van der Waals surface area contributed by atoms with Crippen LogP contribution in [0.4, 0.5) is 10.1 Å². The van der Waals surface area contributed by atoms with Gasteiger partial charge in [-0.05, 0) is 37.0 Å². The molecule has 1 aromatic carbocycles. The van der Waals surface area contributed by atoms with Gasteiger partial charge in [0.15, 0.2) is 0 Å². The molecule has 0 saturated carbocycles. The van der Waals surface area contributed by atoms with Crippen LogP contribution in [-0.4, -0.2) is 25.3 Å². The molecule has 1 unspecified atom stereocenters. The molecule has 1 saturated heterocycles. The molecule has 1 aliphatic heterocycles. The minimum atomic E-state index is -3.78. The summed E-state index contributed by atoms with van der Waals surface area (Å²) in [5.74, 6) is -0.566. The molecule has 2 rings (SSSR count). The van der Waals surface area contributed by atoms with Gasteiger partial charge in [-0.15, -0.1) is 0 Å². The van der Waals surface area contributed by atoms with Crippen molar-refractivity contribution in [3.63, 3.8) is 0 Å². The van der Waals surface area contributed by atoms with Gasteiger partial charge in [0.2, 0.25) is 10.0 Å². The van der Waals surface area contributed by atoms with Crippen LogP contribution in [0.25, 0.3) is 0 Å². The van der Waals surface area contributed by atoms with Gasteiger partial charge < -0.3 is 5.73 Å². The third kappa shape index (κ3) is 2.60. The van der Waals surface area contributed by atoms with E-state index >= 15 is 0 Å². The van der Waals surface area contributed by atoms with Crippen LogP contribution in [0.15, 0.2) is 23.1 Å². The van der Waals surface area contributed by atoms with Gasteiger partial charge >= 0.3 is 0 Å². The number of halogens is 1. The number of hydrogen-bond donors (Lipinski definition) is 1. The van der Waals surface area contributed by atoms with Gasteiger partial charge in [-0.2, -0.15) is 4.31 Å². The van der Waals surface area contributed by atoms with E-state index in [4.69, 9.17) is 5.73 Å². The van der Waals surface area contributed by atoms with E-state index in [1.54, 1.807) is 0 Å². The normalized spacial score (nSPS) is 21.2. The van der Waals surface area contributed by atoms with Crippen LogP contribution in [0.2, 0.25) is 0 Å². The lowest BCUT2D eigenvalue weighted by atomic mass is 10.0. The second-order valence-corrected chi connectivity index (χ2v) is 7.12. The van der Waals surface area contributed by atoms with Crippen molar-refractivity contribution >= 4 is 15.7 Å². The van der Waals surface area contributed by atoms with Gasteiger partial charge in [0.1, 0.15) is 10.7 Å². The number of benzene rings is 1. The zero-order valence-electron chi connectivity index (χ0n) is 11.1. The molecule has 0 radical (unpaired) electrons. The number of nitrogens with zero attached hydrogens (tertiary/aromatic N) is 1. The van der Waals surface area contributed by atoms with Crippen molar-refractivity contribution in [1.29, 1.82) is 0 Å². The molecule has 1 aliphatic rings. The van der Waals surface area contributed by atoms with Gasteiger partial charge in [0.25, 0.3) is 0 Å². The van der Waals surface area contributed by atoms with Crippen LogP contribution >= 0.6 is 0 Å². The fourth-order valence-corrected chi connectivity index (χ4v) is 4.46. The standard InChI is InChI=1S/C13H19FN2O2S/c1-9(2)12-4-3-7-16(12)19(17,18)13-6-5-10(15)8-11(13)14/h5-6,8-9,12H,3-4,7,15H2,1-2H3. The average molecular weight is 286 g/mol. The first-order chi connectivity index (χ1) is 8.84. The molecule has 1 heterocycles. The Labute approximate surface area is 113 Å². The number of sulfonamides is 1. The van der Waals surface area contributed by atoms with Gasteiger partial charge in [0.05, 0.1) is 0 Å². The molecule has 2 N–H and O–H groups in total. The predicted molar refractivity (Wildman–Crippen MR) is 72.6 cm³/mol. The van der Waals surface area contributed by atoms with Crippen molar-refractivity contribution in [1.82, 2.24) is 4.31 Å². The van der Waals surface area contributed by atoms with Crippen molar-refractivity contribution in [3.8, 4) is 0 Å². The van der Waals surface area contributed by atoms with Crippen LogP contribution in [0.5, 0.6) is 0 Å². The number of nitrogen functional groups attached to an aromatic ring is 1. The molecule has 6 heteroatoms. The first-order valence-electron chi connectivity index (χ1n) is 6.41. The van der Waals surface area contributed by atoms with E-state index in [1.807, 2.05) is 13.8 Å². The lowest BCUT2D eigenvalue weighted by Gasteiger charge is -2.27. The summed E-state index contributed by atoms with van der Waals surface area (Å²) in [5.41, 5.74) is 5.67. The summed E-state index contributed by atoms with van der Waals surface area (Å²) in [7, 11) is -3.78. The maximum Gasteiger partial charge on any atom is 0.246 e. The SMILES string of the molecule is CC(C)C1CCCN1S(=O)(=O)c1ccc(N)cc1F. The third-order valence-electron chi connectivity index (χ3n) is 3.56. The second kappa shape index (κ2) is 5.09. The minimum Gasteiger partial charge on any atom is -0.399 e. The molecule has 1 aromatic rings. The average Bonchev–Trinajstić information content (AvgIpc) is 2.77. The Bertz CT molecular complexity index is 572. The van der Waals surface area contributed by atoms with E-state index < -0.39 is 15.8 Å². The Kier molecular flexibility index (Phi) is 3.82. The van der Waals surface area contributed by atoms with Crippen molar-refractivity contribution < 1.29 is 12.8 Å². The second-order valence-electron chi connectivity index (χ2n) is 5.26. The lowest BCUT2D eigenvalue weighted by molar-refractivity contribution is 0.314. The summed E-state index contributed by atoms with van der Waals surface area (Å²) in [6.07, 6.45) is 1.64. The summed E-state index contributed by atoms with van der Waals surface area (Å²) in [5, 5.41) is 0. The molecule has 19 heavy (non-hydrogen) atoms. The smallest absolute Gasteiger partial charge is 0.246 e. The van der Waals surface area contributed by atoms with Crippen molar-refractivity contribution in [3.05, 3.63) is 24.0 Å². The molecule has 0 aromatic heterocycles. The fraction of sp³-hybridized carbons (Fsp3) is 0.538. The van der Waals surface area contributed by atoms with Crippen LogP contribution in [0.3, 0.4) is 0 Å². The van der Waals surface area contributed by atoms with Crippen LogP contribution in [0.1, 0.15) is 26.7 Å². The molecule has 1 fully saturated rings. The van der Waals surface area contributed by atoms with Crippen LogP contribution in [0, 0.1) is 11.7 Å². The Morgan fingerprint density at radius 2 is 2.11 bits per heavy atom. The highest BCUT2D eigenvalue weighted by Gasteiger charge is 2.37.